The van der Waals surface area contributed by atoms with Crippen LogP contribution in [0, 0.1) is 0 Å². The third-order valence-electron chi connectivity index (χ3n) is 2.45. The summed E-state index contributed by atoms with van der Waals surface area (Å²) in [6.45, 7) is 0. The lowest BCUT2D eigenvalue weighted by atomic mass is 10.1. The number of nitrogens with two attached hydrogens (primary N) is 1. The van der Waals surface area contributed by atoms with Crippen molar-refractivity contribution in [1.82, 2.24) is 9.78 Å². The fourth-order valence-corrected chi connectivity index (χ4v) is 2.24. The zero-order valence-corrected chi connectivity index (χ0v) is 10.4. The van der Waals surface area contributed by atoms with Crippen molar-refractivity contribution in [2.75, 3.05) is 12.0 Å². The summed E-state index contributed by atoms with van der Waals surface area (Å²) in [5, 5.41) is 4.03. The molecule has 0 aliphatic carbocycles. The molecule has 2 aromatic rings. The molecule has 0 radical (unpaired) electrons. The van der Waals surface area contributed by atoms with Gasteiger partial charge in [0.1, 0.15) is 0 Å². The first-order valence-electron chi connectivity index (χ1n) is 4.97. The lowest BCUT2D eigenvalue weighted by Crippen LogP contribution is -1.96. The zero-order valence-electron chi connectivity index (χ0n) is 9.58. The van der Waals surface area contributed by atoms with Crippen LogP contribution in [0.2, 0.25) is 0 Å². The fraction of sp³-hybridized carbons (Fsp3) is 0.182. The standard InChI is InChI=1S/C11H13N3O2S/c1-14-7-10(11(12)13-14)8-3-5-9(6-4-8)17(2,15)16/h3-7H,1-2H3,(H2,12,13). The van der Waals surface area contributed by atoms with E-state index in [4.69, 9.17) is 5.73 Å². The second kappa shape index (κ2) is 3.89. The van der Waals surface area contributed by atoms with Gasteiger partial charge in [0.05, 0.1) is 4.90 Å². The summed E-state index contributed by atoms with van der Waals surface area (Å²) in [6.07, 6.45) is 2.98. The molecule has 0 unspecified atom stereocenters. The van der Waals surface area contributed by atoms with Gasteiger partial charge < -0.3 is 5.73 Å². The fourth-order valence-electron chi connectivity index (χ4n) is 1.61. The topological polar surface area (TPSA) is 78.0 Å². The van der Waals surface area contributed by atoms with E-state index < -0.39 is 9.84 Å². The molecule has 6 heteroatoms. The molecule has 0 saturated heterocycles. The molecule has 0 bridgehead atoms. The van der Waals surface area contributed by atoms with Crippen LogP contribution in [0.1, 0.15) is 0 Å². The highest BCUT2D eigenvalue weighted by Crippen LogP contribution is 2.25. The van der Waals surface area contributed by atoms with Crippen LogP contribution in [-0.2, 0) is 16.9 Å². The van der Waals surface area contributed by atoms with Gasteiger partial charge in [-0.3, -0.25) is 4.68 Å². The van der Waals surface area contributed by atoms with E-state index in [2.05, 4.69) is 5.10 Å². The van der Waals surface area contributed by atoms with Gasteiger partial charge in [-0.05, 0) is 17.7 Å². The molecule has 1 aromatic heterocycles. The highest BCUT2D eigenvalue weighted by Gasteiger charge is 2.09. The van der Waals surface area contributed by atoms with E-state index in [-0.39, 0.29) is 0 Å². The maximum absolute atomic E-state index is 11.3. The average molecular weight is 251 g/mol. The smallest absolute Gasteiger partial charge is 0.175 e. The van der Waals surface area contributed by atoms with Crippen LogP contribution >= 0.6 is 0 Å². The van der Waals surface area contributed by atoms with E-state index >= 15 is 0 Å². The number of nitrogens with zero attached hydrogens (tertiary/aromatic N) is 2. The minimum Gasteiger partial charge on any atom is -0.382 e. The molecule has 1 aromatic carbocycles. The Morgan fingerprint density at radius 3 is 2.24 bits per heavy atom. The van der Waals surface area contributed by atoms with Crippen molar-refractivity contribution in [1.29, 1.82) is 0 Å². The number of sulfone groups is 1. The van der Waals surface area contributed by atoms with Crippen molar-refractivity contribution in [2.45, 2.75) is 4.90 Å². The van der Waals surface area contributed by atoms with Crippen molar-refractivity contribution in [3.05, 3.63) is 30.5 Å². The molecule has 17 heavy (non-hydrogen) atoms. The highest BCUT2D eigenvalue weighted by molar-refractivity contribution is 7.90. The Kier molecular flexibility index (Phi) is 2.66. The third kappa shape index (κ3) is 2.31. The normalized spacial score (nSPS) is 11.6. The third-order valence-corrected chi connectivity index (χ3v) is 3.58. The number of hydrogen-bond donors (Lipinski definition) is 1. The number of nitrogen functional groups attached to an aromatic ring is 1. The highest BCUT2D eigenvalue weighted by atomic mass is 32.2. The number of hydrogen-bond acceptors (Lipinski definition) is 4. The van der Waals surface area contributed by atoms with Gasteiger partial charge in [0.2, 0.25) is 0 Å². The maximum Gasteiger partial charge on any atom is 0.175 e. The van der Waals surface area contributed by atoms with E-state index in [1.54, 1.807) is 42.2 Å². The summed E-state index contributed by atoms with van der Waals surface area (Å²) in [5.74, 6) is 0.430. The van der Waals surface area contributed by atoms with Crippen LogP contribution in [-0.4, -0.2) is 24.5 Å². The van der Waals surface area contributed by atoms with Gasteiger partial charge in [-0.15, -0.1) is 0 Å². The molecule has 5 nitrogen and oxygen atoms in total. The van der Waals surface area contributed by atoms with Gasteiger partial charge in [0.25, 0.3) is 0 Å². The van der Waals surface area contributed by atoms with Crippen LogP contribution in [0.4, 0.5) is 5.82 Å². The summed E-state index contributed by atoms with van der Waals surface area (Å²) in [4.78, 5) is 0.295. The van der Waals surface area contributed by atoms with Crippen LogP contribution in [0.15, 0.2) is 35.4 Å². The molecule has 0 spiro atoms. The molecule has 0 aliphatic rings. The van der Waals surface area contributed by atoms with Crippen LogP contribution < -0.4 is 5.73 Å². The molecule has 0 aliphatic heterocycles. The Morgan fingerprint density at radius 1 is 1.24 bits per heavy atom. The number of aromatic nitrogens is 2. The molecule has 90 valence electrons. The Labute approximate surface area is 99.8 Å². The molecular formula is C11H13N3O2S. The number of anilines is 1. The molecule has 0 fully saturated rings. The minimum atomic E-state index is -3.16. The van der Waals surface area contributed by atoms with Crippen LogP contribution in [0.5, 0.6) is 0 Å². The van der Waals surface area contributed by atoms with Gasteiger partial charge in [-0.2, -0.15) is 5.10 Å². The molecule has 0 saturated carbocycles. The molecule has 2 rings (SSSR count). The number of rotatable bonds is 2. The summed E-state index contributed by atoms with van der Waals surface area (Å²) in [6, 6.07) is 6.59. The van der Waals surface area contributed by atoms with Gasteiger partial charge in [0, 0.05) is 25.1 Å². The Morgan fingerprint density at radius 2 is 1.82 bits per heavy atom. The van der Waals surface area contributed by atoms with Crippen molar-refractivity contribution in [2.24, 2.45) is 7.05 Å². The SMILES string of the molecule is Cn1cc(-c2ccc(S(C)(=O)=O)cc2)c(N)n1. The predicted molar refractivity (Wildman–Crippen MR) is 66.2 cm³/mol. The average Bonchev–Trinajstić information content (AvgIpc) is 2.57. The molecule has 1 heterocycles. The number of aryl methyl sites for hydroxylation is 1. The molecule has 2 N–H and O–H groups in total. The number of benzene rings is 1. The van der Waals surface area contributed by atoms with Gasteiger partial charge >= 0.3 is 0 Å². The second-order valence-electron chi connectivity index (χ2n) is 3.90. The predicted octanol–water partition coefficient (Wildman–Crippen LogP) is 1.07. The summed E-state index contributed by atoms with van der Waals surface area (Å²) >= 11 is 0. The largest absolute Gasteiger partial charge is 0.382 e. The minimum absolute atomic E-state index is 0.295. The molecule has 0 atom stereocenters. The Hall–Kier alpha value is -1.82. The lowest BCUT2D eigenvalue weighted by molar-refractivity contribution is 0.602. The van der Waals surface area contributed by atoms with E-state index in [1.807, 2.05) is 0 Å². The first-order valence-corrected chi connectivity index (χ1v) is 6.86. The quantitative estimate of drug-likeness (QED) is 0.866. The molecular weight excluding hydrogens is 238 g/mol. The monoisotopic (exact) mass is 251 g/mol. The Balaban J connectivity index is 2.46. The van der Waals surface area contributed by atoms with Gasteiger partial charge in [-0.1, -0.05) is 12.1 Å². The summed E-state index contributed by atoms with van der Waals surface area (Å²) in [5.41, 5.74) is 7.40. The molecule has 0 amide bonds. The zero-order chi connectivity index (χ0) is 12.6. The lowest BCUT2D eigenvalue weighted by Gasteiger charge is -2.01. The van der Waals surface area contributed by atoms with Crippen molar-refractivity contribution >= 4 is 15.7 Å². The first-order chi connectivity index (χ1) is 7.88. The van der Waals surface area contributed by atoms with Gasteiger partial charge in [-0.25, -0.2) is 8.42 Å². The Bertz CT molecular complexity index is 642. The van der Waals surface area contributed by atoms with Crippen LogP contribution in [0.25, 0.3) is 11.1 Å². The van der Waals surface area contributed by atoms with Crippen molar-refractivity contribution < 1.29 is 8.42 Å². The van der Waals surface area contributed by atoms with E-state index in [0.29, 0.717) is 10.7 Å². The van der Waals surface area contributed by atoms with E-state index in [1.165, 1.54) is 6.26 Å². The summed E-state index contributed by atoms with van der Waals surface area (Å²) in [7, 11) is -1.38. The van der Waals surface area contributed by atoms with Crippen molar-refractivity contribution in [3.8, 4) is 11.1 Å². The van der Waals surface area contributed by atoms with Crippen LogP contribution in [0.3, 0.4) is 0 Å². The van der Waals surface area contributed by atoms with Gasteiger partial charge in [0.15, 0.2) is 15.7 Å². The second-order valence-corrected chi connectivity index (χ2v) is 5.91. The van der Waals surface area contributed by atoms with E-state index in [0.717, 1.165) is 11.1 Å². The summed E-state index contributed by atoms with van der Waals surface area (Å²) < 4.78 is 24.2. The maximum atomic E-state index is 11.3. The van der Waals surface area contributed by atoms with E-state index in [9.17, 15) is 8.42 Å². The first kappa shape index (κ1) is 11.7. The van der Waals surface area contributed by atoms with Crippen molar-refractivity contribution in [3.63, 3.8) is 0 Å².